The van der Waals surface area contributed by atoms with E-state index in [-0.39, 0.29) is 12.2 Å². The third kappa shape index (κ3) is 9.42. The van der Waals surface area contributed by atoms with E-state index in [0.717, 1.165) is 13.2 Å². The van der Waals surface area contributed by atoms with E-state index in [2.05, 4.69) is 0 Å². The van der Waals surface area contributed by atoms with Crippen LogP contribution in [0.25, 0.3) is 0 Å². The van der Waals surface area contributed by atoms with Crippen LogP contribution in [0.2, 0.25) is 0 Å². The molecule has 0 aliphatic carbocycles. The molecule has 1 atom stereocenters. The Hall–Kier alpha value is -1.16. The van der Waals surface area contributed by atoms with Gasteiger partial charge in [-0.2, -0.15) is 0 Å². The van der Waals surface area contributed by atoms with Crippen LogP contribution < -0.4 is 5.32 Å². The molecule has 2 N–H and O–H groups in total. The largest absolute Gasteiger partial charge is 0.480 e. The van der Waals surface area contributed by atoms with Gasteiger partial charge in [-0.1, -0.05) is 0 Å². The molecule has 0 aromatic heterocycles. The molecule has 1 amide bonds. The quantitative estimate of drug-likeness (QED) is 0.552. The molecule has 0 aromatic rings. The topological polar surface area (TPSA) is 135 Å². The average molecular weight is 315 g/mol. The molecule has 0 spiro atoms. The van der Waals surface area contributed by atoms with E-state index in [1.807, 2.05) is 5.32 Å². The van der Waals surface area contributed by atoms with Crippen LogP contribution in [0.3, 0.4) is 0 Å². The van der Waals surface area contributed by atoms with Gasteiger partial charge in [0.2, 0.25) is 5.91 Å². The molecule has 0 radical (unpaired) electrons. The predicted molar refractivity (Wildman–Crippen MR) is 68.2 cm³/mol. The van der Waals surface area contributed by atoms with Crippen molar-refractivity contribution >= 4 is 31.6 Å². The minimum Gasteiger partial charge on any atom is -0.480 e. The van der Waals surface area contributed by atoms with Crippen molar-refractivity contribution in [2.75, 3.05) is 23.5 Å². The molecule has 0 rings (SSSR count). The Morgan fingerprint density at radius 1 is 1.16 bits per heavy atom. The average Bonchev–Trinajstić information content (AvgIpc) is 2.12. The van der Waals surface area contributed by atoms with Crippen LogP contribution in [0.15, 0.2) is 0 Å². The minimum absolute atomic E-state index is 0.104. The highest BCUT2D eigenvalue weighted by molar-refractivity contribution is 7.92. The number of nitrogens with one attached hydrogen (secondary N) is 1. The molecular weight excluding hydrogens is 298 g/mol. The molecule has 0 saturated carbocycles. The summed E-state index contributed by atoms with van der Waals surface area (Å²) in [4.78, 5) is 21.5. The molecule has 112 valence electrons. The number of sulfone groups is 2. The maximum absolute atomic E-state index is 11.6. The third-order valence-corrected chi connectivity index (χ3v) is 4.85. The Morgan fingerprint density at radius 2 is 1.68 bits per heavy atom. The second-order valence-corrected chi connectivity index (χ2v) is 8.68. The minimum atomic E-state index is -3.75. The Balaban J connectivity index is 4.56. The summed E-state index contributed by atoms with van der Waals surface area (Å²) < 4.78 is 44.9. The number of carboxylic acid groups (broad SMARTS) is 1. The van der Waals surface area contributed by atoms with Gasteiger partial charge in [0.25, 0.3) is 0 Å². The SMILES string of the molecule is CC(=O)NC(CS(=O)(=O)CCCS(C)(=O)=O)C(=O)O. The maximum atomic E-state index is 11.6. The van der Waals surface area contributed by atoms with Gasteiger partial charge < -0.3 is 10.4 Å². The lowest BCUT2D eigenvalue weighted by Gasteiger charge is -2.13. The molecule has 0 heterocycles. The molecule has 0 fully saturated rings. The van der Waals surface area contributed by atoms with Gasteiger partial charge in [-0.15, -0.1) is 0 Å². The standard InChI is InChI=1S/C9H17NO7S2/c1-7(11)10-8(9(12)13)6-19(16,17)5-3-4-18(2,14)15/h8H,3-6H2,1-2H3,(H,10,11)(H,12,13). The first-order valence-corrected chi connectivity index (χ1v) is 9.19. The van der Waals surface area contributed by atoms with Crippen molar-refractivity contribution in [2.45, 2.75) is 19.4 Å². The van der Waals surface area contributed by atoms with Crippen molar-refractivity contribution in [3.63, 3.8) is 0 Å². The Labute approximate surface area is 112 Å². The van der Waals surface area contributed by atoms with Crippen molar-refractivity contribution < 1.29 is 31.5 Å². The monoisotopic (exact) mass is 315 g/mol. The van der Waals surface area contributed by atoms with Gasteiger partial charge in [-0.05, 0) is 6.42 Å². The number of carbonyl (C=O) groups is 2. The normalized spacial score (nSPS) is 13.8. The number of carbonyl (C=O) groups excluding carboxylic acids is 1. The molecule has 8 nitrogen and oxygen atoms in total. The number of aliphatic carboxylic acids is 1. The van der Waals surface area contributed by atoms with Crippen molar-refractivity contribution in [2.24, 2.45) is 0 Å². The number of hydrogen-bond donors (Lipinski definition) is 2. The third-order valence-electron chi connectivity index (χ3n) is 2.07. The first kappa shape index (κ1) is 17.8. The van der Waals surface area contributed by atoms with Crippen LogP contribution >= 0.6 is 0 Å². The number of carboxylic acids is 1. The van der Waals surface area contributed by atoms with Crippen molar-refractivity contribution in [3.8, 4) is 0 Å². The fraction of sp³-hybridized carbons (Fsp3) is 0.778. The van der Waals surface area contributed by atoms with E-state index in [9.17, 15) is 26.4 Å². The molecule has 0 aliphatic heterocycles. The predicted octanol–water partition coefficient (Wildman–Crippen LogP) is -1.57. The van der Waals surface area contributed by atoms with Crippen LogP contribution in [-0.2, 0) is 29.3 Å². The van der Waals surface area contributed by atoms with Gasteiger partial charge in [0.05, 0.1) is 17.3 Å². The summed E-state index contributed by atoms with van der Waals surface area (Å²) in [6.45, 7) is 1.08. The fourth-order valence-corrected chi connectivity index (χ4v) is 3.63. The first-order chi connectivity index (χ1) is 8.43. The molecular formula is C9H17NO7S2. The Kier molecular flexibility index (Phi) is 6.43. The first-order valence-electron chi connectivity index (χ1n) is 5.31. The summed E-state index contributed by atoms with van der Waals surface area (Å²) in [7, 11) is -7.01. The zero-order valence-electron chi connectivity index (χ0n) is 10.6. The smallest absolute Gasteiger partial charge is 0.327 e. The van der Waals surface area contributed by atoms with Crippen molar-refractivity contribution in [3.05, 3.63) is 0 Å². The summed E-state index contributed by atoms with van der Waals surface area (Å²) in [5.41, 5.74) is 0. The van der Waals surface area contributed by atoms with Crippen LogP contribution in [-0.4, -0.2) is 63.4 Å². The van der Waals surface area contributed by atoms with Gasteiger partial charge in [0, 0.05) is 13.2 Å². The van der Waals surface area contributed by atoms with Gasteiger partial charge in [-0.3, -0.25) is 4.79 Å². The lowest BCUT2D eigenvalue weighted by Crippen LogP contribution is -2.44. The van der Waals surface area contributed by atoms with Crippen molar-refractivity contribution in [1.29, 1.82) is 0 Å². The van der Waals surface area contributed by atoms with Crippen molar-refractivity contribution in [1.82, 2.24) is 5.32 Å². The van der Waals surface area contributed by atoms with Crippen LogP contribution in [0.4, 0.5) is 0 Å². The fourth-order valence-electron chi connectivity index (χ4n) is 1.30. The van der Waals surface area contributed by atoms with Gasteiger partial charge in [0.1, 0.15) is 15.9 Å². The Bertz CT molecular complexity index is 535. The van der Waals surface area contributed by atoms with E-state index in [1.54, 1.807) is 0 Å². The highest BCUT2D eigenvalue weighted by atomic mass is 32.2. The van der Waals surface area contributed by atoms with Gasteiger partial charge in [-0.25, -0.2) is 21.6 Å². The summed E-state index contributed by atoms with van der Waals surface area (Å²) in [6, 6.07) is -1.53. The van der Waals surface area contributed by atoms with Crippen LogP contribution in [0.1, 0.15) is 13.3 Å². The second kappa shape index (κ2) is 6.85. The van der Waals surface area contributed by atoms with Crippen LogP contribution in [0.5, 0.6) is 0 Å². The van der Waals surface area contributed by atoms with Gasteiger partial charge >= 0.3 is 5.97 Å². The summed E-state index contributed by atoms with van der Waals surface area (Å²) in [6.07, 6.45) is 0.880. The van der Waals surface area contributed by atoms with E-state index >= 15 is 0 Å². The lowest BCUT2D eigenvalue weighted by atomic mass is 10.3. The highest BCUT2D eigenvalue weighted by Gasteiger charge is 2.25. The van der Waals surface area contributed by atoms with E-state index in [0.29, 0.717) is 0 Å². The van der Waals surface area contributed by atoms with E-state index in [1.165, 1.54) is 0 Å². The molecule has 0 aliphatic rings. The zero-order valence-corrected chi connectivity index (χ0v) is 12.3. The zero-order chi connectivity index (χ0) is 15.3. The molecule has 1 unspecified atom stereocenters. The Morgan fingerprint density at radius 3 is 2.05 bits per heavy atom. The number of rotatable bonds is 8. The number of hydrogen-bond acceptors (Lipinski definition) is 6. The number of amides is 1. The summed E-state index contributed by atoms with van der Waals surface area (Å²) in [5, 5.41) is 10.8. The second-order valence-electron chi connectivity index (χ2n) is 4.19. The maximum Gasteiger partial charge on any atom is 0.327 e. The lowest BCUT2D eigenvalue weighted by molar-refractivity contribution is -0.140. The van der Waals surface area contributed by atoms with Gasteiger partial charge in [0.15, 0.2) is 9.84 Å². The molecule has 0 aromatic carbocycles. The summed E-state index contributed by atoms with van der Waals surface area (Å²) in [5.74, 6) is -3.60. The van der Waals surface area contributed by atoms with Crippen LogP contribution in [0, 0.1) is 0 Å². The molecule has 10 heteroatoms. The molecule has 0 saturated heterocycles. The molecule has 19 heavy (non-hydrogen) atoms. The summed E-state index contributed by atoms with van der Waals surface area (Å²) >= 11 is 0. The molecule has 0 bridgehead atoms. The highest BCUT2D eigenvalue weighted by Crippen LogP contribution is 2.01. The van der Waals surface area contributed by atoms with E-state index < -0.39 is 49.1 Å². The van der Waals surface area contributed by atoms with E-state index in [4.69, 9.17) is 5.11 Å².